The van der Waals surface area contributed by atoms with Gasteiger partial charge in [-0.2, -0.15) is 0 Å². The van der Waals surface area contributed by atoms with Gasteiger partial charge in [-0.05, 0) is 123 Å². The van der Waals surface area contributed by atoms with Crippen molar-refractivity contribution >= 4 is 57.0 Å². The molecule has 0 radical (unpaired) electrons. The molecule has 2 aliphatic heterocycles. The lowest BCUT2D eigenvalue weighted by atomic mass is 9.94. The average Bonchev–Trinajstić information content (AvgIpc) is 3.94. The fraction of sp³-hybridized carbons (Fsp3) is 0.273. The Morgan fingerprint density at radius 3 is 1.64 bits per heavy atom. The number of nitrogen functional groups attached to an aromatic ring is 1. The van der Waals surface area contributed by atoms with Gasteiger partial charge in [-0.15, -0.1) is 0 Å². The number of H-pyrrole nitrogens is 2. The Morgan fingerprint density at radius 2 is 1.14 bits per heavy atom. The standard InChI is InChI=1S/C22H20N2O5.C11H12N2O2.C11H10O4/c1-2-27-20(25)17-10-13-9-15(4-5-16(13)24-17)23-21(26)22(7-8-22)14-3-6-18-19(11-14)29-12-28-18;1-2-15-11(14)10-6-7-5-8(12)3-4-9(7)13-10;12-10(13)11(3-4-11)7-1-2-8-9(5-7)15-6-14-8/h3-6,9-11,24H,2,7-8,12H2,1H3,(H,23,26);3-6,13H,2,12H2,1H3;1-2,5H,3-4,6H2,(H,12,13). The molecule has 2 aliphatic carbocycles. The van der Waals surface area contributed by atoms with Gasteiger partial charge in [0.2, 0.25) is 19.5 Å². The first-order valence-electron chi connectivity index (χ1n) is 19.2. The summed E-state index contributed by atoms with van der Waals surface area (Å²) in [5.74, 6) is 1.21. The zero-order chi connectivity index (χ0) is 41.3. The monoisotopic (exact) mass is 802 g/mol. The molecule has 10 rings (SSSR count). The summed E-state index contributed by atoms with van der Waals surface area (Å²) >= 11 is 0. The Labute approximate surface area is 337 Å². The van der Waals surface area contributed by atoms with Crippen LogP contribution in [-0.2, 0) is 29.9 Å². The van der Waals surface area contributed by atoms with E-state index >= 15 is 0 Å². The number of aromatic amines is 2. The molecule has 304 valence electrons. The average molecular weight is 803 g/mol. The molecule has 0 saturated heterocycles. The van der Waals surface area contributed by atoms with Gasteiger partial charge in [0.25, 0.3) is 0 Å². The fourth-order valence-electron chi connectivity index (χ4n) is 7.16. The Kier molecular flexibility index (Phi) is 10.3. The van der Waals surface area contributed by atoms with Crippen molar-refractivity contribution in [2.24, 2.45) is 0 Å². The van der Waals surface area contributed by atoms with E-state index < -0.39 is 22.8 Å². The van der Waals surface area contributed by atoms with Crippen molar-refractivity contribution in [2.75, 3.05) is 37.9 Å². The molecule has 15 heteroatoms. The molecule has 4 aromatic carbocycles. The number of carboxylic acid groups (broad SMARTS) is 1. The van der Waals surface area contributed by atoms with E-state index in [-0.39, 0.29) is 25.5 Å². The molecule has 59 heavy (non-hydrogen) atoms. The van der Waals surface area contributed by atoms with Crippen molar-refractivity contribution in [3.63, 3.8) is 0 Å². The number of carbonyl (C=O) groups excluding carboxylic acids is 3. The van der Waals surface area contributed by atoms with Gasteiger partial charge in [0.05, 0.1) is 24.0 Å². The molecule has 0 unspecified atom stereocenters. The number of ether oxygens (including phenoxy) is 6. The Balaban J connectivity index is 0.000000136. The van der Waals surface area contributed by atoms with Crippen molar-refractivity contribution in [3.05, 3.63) is 107 Å². The summed E-state index contributed by atoms with van der Waals surface area (Å²) in [5.41, 5.74) is 10.1. The molecule has 1 amide bonds. The summed E-state index contributed by atoms with van der Waals surface area (Å²) in [5, 5.41) is 13.9. The molecule has 15 nitrogen and oxygen atoms in total. The van der Waals surface area contributed by atoms with Crippen LogP contribution in [0.2, 0.25) is 0 Å². The number of hydrogen-bond acceptors (Lipinski definition) is 11. The number of nitrogens with two attached hydrogens (primary N) is 1. The predicted molar refractivity (Wildman–Crippen MR) is 216 cm³/mol. The van der Waals surface area contributed by atoms with E-state index in [4.69, 9.17) is 39.3 Å². The number of carboxylic acids is 1. The van der Waals surface area contributed by atoms with Crippen molar-refractivity contribution in [2.45, 2.75) is 50.4 Å². The van der Waals surface area contributed by atoms with Gasteiger partial charge in [-0.25, -0.2) is 9.59 Å². The molecule has 6 aromatic rings. The molecule has 0 atom stereocenters. The van der Waals surface area contributed by atoms with Gasteiger partial charge in [-0.3, -0.25) is 9.59 Å². The van der Waals surface area contributed by atoms with Crippen molar-refractivity contribution in [1.29, 1.82) is 0 Å². The van der Waals surface area contributed by atoms with E-state index in [1.807, 2.05) is 54.6 Å². The highest BCUT2D eigenvalue weighted by atomic mass is 16.7. The summed E-state index contributed by atoms with van der Waals surface area (Å²) < 4.78 is 31.1. The largest absolute Gasteiger partial charge is 0.481 e. The molecule has 2 aromatic heterocycles. The zero-order valence-electron chi connectivity index (χ0n) is 32.3. The van der Waals surface area contributed by atoms with E-state index in [2.05, 4.69) is 15.3 Å². The molecular formula is C44H42N4O11. The summed E-state index contributed by atoms with van der Waals surface area (Å²) in [6, 6.07) is 25.5. The molecule has 0 bridgehead atoms. The maximum atomic E-state index is 13.1. The van der Waals surface area contributed by atoms with Crippen LogP contribution in [0.25, 0.3) is 21.8 Å². The third-order valence-corrected chi connectivity index (χ3v) is 10.7. The Morgan fingerprint density at radius 1 is 0.644 bits per heavy atom. The van der Waals surface area contributed by atoms with E-state index in [9.17, 15) is 19.2 Å². The SMILES string of the molecule is CCOC(=O)c1cc2cc(N)ccc2[nH]1.CCOC(=O)c1cc2cc(NC(=O)C3(c4ccc5c(c4)OCO5)CC3)ccc2[nH]1.O=C(O)C1(c2ccc3c(c2)OCO3)CC1. The number of carbonyl (C=O) groups is 4. The van der Waals surface area contributed by atoms with Crippen LogP contribution in [0.5, 0.6) is 23.0 Å². The Bertz CT molecular complexity index is 2600. The van der Waals surface area contributed by atoms with Gasteiger partial charge in [-0.1, -0.05) is 12.1 Å². The van der Waals surface area contributed by atoms with Gasteiger partial charge in [0, 0.05) is 33.2 Å². The van der Waals surface area contributed by atoms with E-state index in [1.165, 1.54) is 0 Å². The second kappa shape index (κ2) is 15.6. The van der Waals surface area contributed by atoms with Crippen molar-refractivity contribution in [3.8, 4) is 23.0 Å². The summed E-state index contributed by atoms with van der Waals surface area (Å²) in [7, 11) is 0. The maximum Gasteiger partial charge on any atom is 0.354 e. The summed E-state index contributed by atoms with van der Waals surface area (Å²) in [6.45, 7) is 4.66. The van der Waals surface area contributed by atoms with Crippen LogP contribution < -0.4 is 30.0 Å². The van der Waals surface area contributed by atoms with Crippen LogP contribution in [0.4, 0.5) is 11.4 Å². The van der Waals surface area contributed by atoms with Gasteiger partial charge in [0.1, 0.15) is 11.4 Å². The van der Waals surface area contributed by atoms with Gasteiger partial charge >= 0.3 is 17.9 Å². The van der Waals surface area contributed by atoms with Crippen molar-refractivity contribution < 1.29 is 52.7 Å². The number of esters is 2. The lowest BCUT2D eigenvalue weighted by Crippen LogP contribution is -2.27. The number of hydrogen-bond donors (Lipinski definition) is 5. The van der Waals surface area contributed by atoms with E-state index in [0.717, 1.165) is 45.8 Å². The van der Waals surface area contributed by atoms with Gasteiger partial charge < -0.3 is 54.5 Å². The number of aromatic nitrogens is 2. The maximum absolute atomic E-state index is 13.1. The number of amides is 1. The highest BCUT2D eigenvalue weighted by Crippen LogP contribution is 2.52. The highest BCUT2D eigenvalue weighted by Gasteiger charge is 2.52. The minimum atomic E-state index is -0.749. The molecular weight excluding hydrogens is 761 g/mol. The number of benzene rings is 4. The molecule has 4 aliphatic rings. The number of nitrogens with one attached hydrogen (secondary N) is 3. The lowest BCUT2D eigenvalue weighted by molar-refractivity contribution is -0.140. The molecule has 6 N–H and O–H groups in total. The summed E-state index contributed by atoms with van der Waals surface area (Å²) in [6.07, 6.45) is 3.00. The molecule has 0 spiro atoms. The lowest BCUT2D eigenvalue weighted by Gasteiger charge is -2.16. The zero-order valence-corrected chi connectivity index (χ0v) is 32.3. The van der Waals surface area contributed by atoms with E-state index in [0.29, 0.717) is 71.8 Å². The third-order valence-electron chi connectivity index (χ3n) is 10.7. The first-order chi connectivity index (χ1) is 28.5. The van der Waals surface area contributed by atoms with Crippen LogP contribution in [0.3, 0.4) is 0 Å². The van der Waals surface area contributed by atoms with Crippen LogP contribution in [0.15, 0.2) is 84.9 Å². The van der Waals surface area contributed by atoms with Crippen LogP contribution in [-0.4, -0.2) is 65.7 Å². The van der Waals surface area contributed by atoms with Crippen LogP contribution in [0.1, 0.15) is 71.6 Å². The Hall–Kier alpha value is -7.16. The number of fused-ring (bicyclic) bond motifs is 4. The quantitative estimate of drug-likeness (QED) is 0.0725. The normalized spacial score (nSPS) is 15.6. The molecule has 2 fully saturated rings. The predicted octanol–water partition coefficient (Wildman–Crippen LogP) is 7.20. The number of anilines is 2. The first kappa shape index (κ1) is 38.7. The fourth-order valence-corrected chi connectivity index (χ4v) is 7.16. The molecule has 2 saturated carbocycles. The molecule has 4 heterocycles. The topological polar surface area (TPSA) is 214 Å². The number of rotatable bonds is 9. The first-order valence-corrected chi connectivity index (χ1v) is 19.2. The van der Waals surface area contributed by atoms with Crippen LogP contribution in [0, 0.1) is 0 Å². The number of aliphatic carboxylic acids is 1. The van der Waals surface area contributed by atoms with E-state index in [1.54, 1.807) is 44.2 Å². The third kappa shape index (κ3) is 7.78. The second-order valence-corrected chi connectivity index (χ2v) is 14.5. The van der Waals surface area contributed by atoms with Crippen molar-refractivity contribution in [1.82, 2.24) is 9.97 Å². The minimum Gasteiger partial charge on any atom is -0.481 e. The minimum absolute atomic E-state index is 0.0446. The van der Waals surface area contributed by atoms with Gasteiger partial charge in [0.15, 0.2) is 23.0 Å². The highest BCUT2D eigenvalue weighted by molar-refractivity contribution is 6.03. The van der Waals surface area contributed by atoms with Crippen LogP contribution >= 0.6 is 0 Å². The smallest absolute Gasteiger partial charge is 0.354 e. The summed E-state index contributed by atoms with van der Waals surface area (Å²) in [4.78, 5) is 53.5. The second-order valence-electron chi connectivity index (χ2n) is 14.5.